The number of ether oxygens (including phenoxy) is 2. The Morgan fingerprint density at radius 3 is 2.38 bits per heavy atom. The molecular formula is C24H36N4O4. The Bertz CT molecular complexity index is 878. The zero-order chi connectivity index (χ0) is 23.5. The highest BCUT2D eigenvalue weighted by Gasteiger charge is 2.34. The molecule has 3 atom stereocenters. The molecule has 0 unspecified atom stereocenters. The molecule has 1 aromatic heterocycles. The lowest BCUT2D eigenvalue weighted by atomic mass is 10.0. The van der Waals surface area contributed by atoms with E-state index < -0.39 is 11.7 Å². The minimum Gasteiger partial charge on any atom is -0.444 e. The van der Waals surface area contributed by atoms with Gasteiger partial charge in [-0.15, -0.1) is 0 Å². The van der Waals surface area contributed by atoms with Crippen molar-refractivity contribution in [3.8, 4) is 11.4 Å². The minimum atomic E-state index is -0.518. The summed E-state index contributed by atoms with van der Waals surface area (Å²) in [5, 5.41) is 7.00. The second-order valence-corrected chi connectivity index (χ2v) is 9.91. The molecule has 2 aromatic rings. The molecule has 176 valence electrons. The van der Waals surface area contributed by atoms with Crippen LogP contribution < -0.4 is 5.32 Å². The molecular weight excluding hydrogens is 408 g/mol. The smallest absolute Gasteiger partial charge is 0.407 e. The van der Waals surface area contributed by atoms with Gasteiger partial charge < -0.3 is 19.3 Å². The van der Waals surface area contributed by atoms with Crippen molar-refractivity contribution >= 4 is 6.09 Å². The van der Waals surface area contributed by atoms with Gasteiger partial charge in [-0.1, -0.05) is 43.3 Å². The maximum Gasteiger partial charge on any atom is 0.407 e. The van der Waals surface area contributed by atoms with Gasteiger partial charge in [0.15, 0.2) is 0 Å². The Balaban J connectivity index is 1.67. The molecule has 1 aromatic carbocycles. The maximum absolute atomic E-state index is 11.8. The fourth-order valence-electron chi connectivity index (χ4n) is 4.04. The van der Waals surface area contributed by atoms with Gasteiger partial charge >= 0.3 is 6.09 Å². The number of nitrogens with one attached hydrogen (secondary N) is 1. The van der Waals surface area contributed by atoms with Crippen LogP contribution in [-0.2, 0) is 16.0 Å². The van der Waals surface area contributed by atoms with Crippen LogP contribution in [0.15, 0.2) is 28.8 Å². The number of aromatic nitrogens is 2. The fourth-order valence-corrected chi connectivity index (χ4v) is 4.04. The molecule has 1 N–H and O–H groups in total. The Morgan fingerprint density at radius 2 is 1.81 bits per heavy atom. The Morgan fingerprint density at radius 1 is 1.19 bits per heavy atom. The molecule has 1 saturated heterocycles. The van der Waals surface area contributed by atoms with Crippen LogP contribution in [0.5, 0.6) is 0 Å². The first-order valence-electron chi connectivity index (χ1n) is 11.3. The molecule has 1 aliphatic rings. The summed E-state index contributed by atoms with van der Waals surface area (Å²) in [7, 11) is 0. The average molecular weight is 445 g/mol. The van der Waals surface area contributed by atoms with Crippen molar-refractivity contribution in [2.24, 2.45) is 5.92 Å². The van der Waals surface area contributed by atoms with Crippen LogP contribution in [0.1, 0.15) is 66.0 Å². The van der Waals surface area contributed by atoms with Crippen LogP contribution in [0, 0.1) is 5.92 Å². The van der Waals surface area contributed by atoms with E-state index in [-0.39, 0.29) is 18.2 Å². The molecule has 32 heavy (non-hydrogen) atoms. The van der Waals surface area contributed by atoms with E-state index in [1.165, 1.54) is 0 Å². The van der Waals surface area contributed by atoms with Gasteiger partial charge in [-0.2, -0.15) is 4.98 Å². The molecule has 2 heterocycles. The Labute approximate surface area is 190 Å². The summed E-state index contributed by atoms with van der Waals surface area (Å²) in [5.41, 5.74) is 1.31. The van der Waals surface area contributed by atoms with Gasteiger partial charge in [0, 0.05) is 25.2 Å². The summed E-state index contributed by atoms with van der Waals surface area (Å²) in [6.45, 7) is 16.1. The van der Waals surface area contributed by atoms with Crippen LogP contribution in [0.25, 0.3) is 11.4 Å². The topological polar surface area (TPSA) is 89.7 Å². The van der Waals surface area contributed by atoms with Crippen molar-refractivity contribution in [1.29, 1.82) is 0 Å². The molecule has 8 heteroatoms. The summed E-state index contributed by atoms with van der Waals surface area (Å²) < 4.78 is 16.9. The van der Waals surface area contributed by atoms with Crippen LogP contribution in [0.3, 0.4) is 0 Å². The lowest BCUT2D eigenvalue weighted by Gasteiger charge is -2.40. The number of rotatable bonds is 6. The van der Waals surface area contributed by atoms with Crippen LogP contribution in [0.4, 0.5) is 4.79 Å². The molecule has 0 aliphatic carbocycles. The SMILES string of the molecule is CC(C)[C@@H](c1nc(-c2ccc(CNC(=O)OC(C)(C)C)cc2)no1)N1C[C@@H](C)O[C@H](C)C1. The van der Waals surface area contributed by atoms with E-state index >= 15 is 0 Å². The van der Waals surface area contributed by atoms with Crippen LogP contribution >= 0.6 is 0 Å². The molecule has 0 spiro atoms. The van der Waals surface area contributed by atoms with Gasteiger partial charge in [0.2, 0.25) is 11.7 Å². The lowest BCUT2D eigenvalue weighted by molar-refractivity contribution is -0.0899. The van der Waals surface area contributed by atoms with Crippen LogP contribution in [-0.4, -0.2) is 52.0 Å². The van der Waals surface area contributed by atoms with E-state index in [1.807, 2.05) is 45.0 Å². The zero-order valence-electron chi connectivity index (χ0n) is 20.2. The first kappa shape index (κ1) is 24.2. The Hall–Kier alpha value is -2.45. The highest BCUT2D eigenvalue weighted by Crippen LogP contribution is 2.31. The molecule has 1 aliphatic heterocycles. The number of nitrogens with zero attached hydrogens (tertiary/aromatic N) is 3. The van der Waals surface area contributed by atoms with Crippen LogP contribution in [0.2, 0.25) is 0 Å². The van der Waals surface area contributed by atoms with Gasteiger partial charge in [-0.05, 0) is 46.1 Å². The molecule has 1 fully saturated rings. The Kier molecular flexibility index (Phi) is 7.56. The highest BCUT2D eigenvalue weighted by molar-refractivity contribution is 5.67. The standard InChI is InChI=1S/C24H36N4O4/c1-15(2)20(28-13-16(3)30-17(4)14-28)22-26-21(27-32-22)19-10-8-18(9-11-19)12-25-23(29)31-24(5,6)7/h8-11,15-17,20H,12-14H2,1-7H3,(H,25,29)/t16-,17-,20+/m1/s1. The second-order valence-electron chi connectivity index (χ2n) is 9.91. The van der Waals surface area contributed by atoms with Crippen molar-refractivity contribution in [2.45, 2.75) is 78.9 Å². The van der Waals surface area contributed by atoms with Crippen molar-refractivity contribution in [3.63, 3.8) is 0 Å². The van der Waals surface area contributed by atoms with Gasteiger partial charge in [0.25, 0.3) is 0 Å². The zero-order valence-corrected chi connectivity index (χ0v) is 20.2. The maximum atomic E-state index is 11.8. The third-order valence-electron chi connectivity index (χ3n) is 5.22. The van der Waals surface area contributed by atoms with Crippen molar-refractivity contribution in [3.05, 3.63) is 35.7 Å². The first-order valence-corrected chi connectivity index (χ1v) is 11.3. The highest BCUT2D eigenvalue weighted by atomic mass is 16.6. The van der Waals surface area contributed by atoms with Gasteiger partial charge in [-0.25, -0.2) is 4.79 Å². The third-order valence-corrected chi connectivity index (χ3v) is 5.22. The summed E-state index contributed by atoms with van der Waals surface area (Å²) in [6, 6.07) is 7.79. The monoisotopic (exact) mass is 444 g/mol. The number of hydrogen-bond donors (Lipinski definition) is 1. The third kappa shape index (κ3) is 6.53. The number of alkyl carbamates (subject to hydrolysis) is 1. The molecule has 0 saturated carbocycles. The van der Waals surface area contributed by atoms with Crippen molar-refractivity contribution in [2.75, 3.05) is 13.1 Å². The summed E-state index contributed by atoms with van der Waals surface area (Å²) in [5.74, 6) is 1.51. The van der Waals surface area contributed by atoms with Gasteiger partial charge in [-0.3, -0.25) is 4.90 Å². The van der Waals surface area contributed by atoms with Gasteiger partial charge in [0.1, 0.15) is 5.60 Å². The van der Waals surface area contributed by atoms with E-state index in [0.717, 1.165) is 24.2 Å². The molecule has 0 bridgehead atoms. The molecule has 1 amide bonds. The fraction of sp³-hybridized carbons (Fsp3) is 0.625. The first-order chi connectivity index (χ1) is 15.0. The molecule has 0 radical (unpaired) electrons. The van der Waals surface area contributed by atoms with E-state index in [4.69, 9.17) is 19.0 Å². The molecule has 8 nitrogen and oxygen atoms in total. The predicted octanol–water partition coefficient (Wildman–Crippen LogP) is 4.57. The summed E-state index contributed by atoms with van der Waals surface area (Å²) in [4.78, 5) is 18.9. The number of hydrogen-bond acceptors (Lipinski definition) is 7. The van der Waals surface area contributed by atoms with E-state index in [1.54, 1.807) is 0 Å². The number of carbonyl (C=O) groups excluding carboxylic acids is 1. The minimum absolute atomic E-state index is 0.0438. The number of amides is 1. The van der Waals surface area contributed by atoms with Crippen molar-refractivity contribution in [1.82, 2.24) is 20.4 Å². The summed E-state index contributed by atoms with van der Waals surface area (Å²) >= 11 is 0. The lowest BCUT2D eigenvalue weighted by Crippen LogP contribution is -2.48. The second kappa shape index (κ2) is 10.0. The number of benzene rings is 1. The quantitative estimate of drug-likeness (QED) is 0.698. The normalized spacial score (nSPS) is 20.9. The van der Waals surface area contributed by atoms with Crippen molar-refractivity contribution < 1.29 is 18.8 Å². The average Bonchev–Trinajstić information content (AvgIpc) is 3.14. The predicted molar refractivity (Wildman–Crippen MR) is 122 cm³/mol. The number of carbonyl (C=O) groups is 1. The van der Waals surface area contributed by atoms with Gasteiger partial charge in [0.05, 0.1) is 18.2 Å². The summed E-state index contributed by atoms with van der Waals surface area (Å²) in [6.07, 6.45) is -0.0932. The van der Waals surface area contributed by atoms with E-state index in [0.29, 0.717) is 24.2 Å². The number of morpholine rings is 1. The van der Waals surface area contributed by atoms with E-state index in [9.17, 15) is 4.79 Å². The largest absolute Gasteiger partial charge is 0.444 e. The molecule has 3 rings (SSSR count). The van der Waals surface area contributed by atoms with E-state index in [2.05, 4.69) is 43.1 Å².